The zero-order chi connectivity index (χ0) is 14.1. The monoisotopic (exact) mass is 275 g/mol. The van der Waals surface area contributed by atoms with Crippen LogP contribution in [0.15, 0.2) is 22.7 Å². The number of hydrogen-bond donors (Lipinski definition) is 1. The maximum absolute atomic E-state index is 13.3. The summed E-state index contributed by atoms with van der Waals surface area (Å²) in [6.45, 7) is 4.88. The maximum Gasteiger partial charge on any atom is 0.244 e. The lowest BCUT2D eigenvalue weighted by atomic mass is 9.93. The van der Waals surface area contributed by atoms with Gasteiger partial charge in [-0.2, -0.15) is 4.98 Å². The molecule has 1 aliphatic heterocycles. The summed E-state index contributed by atoms with van der Waals surface area (Å²) in [7, 11) is 0. The Bertz CT molecular complexity index is 611. The highest BCUT2D eigenvalue weighted by Crippen LogP contribution is 2.29. The highest BCUT2D eigenvalue weighted by atomic mass is 19.1. The Labute approximate surface area is 117 Å². The van der Waals surface area contributed by atoms with Gasteiger partial charge in [0.05, 0.1) is 6.04 Å². The van der Waals surface area contributed by atoms with E-state index >= 15 is 0 Å². The molecule has 1 saturated heterocycles. The predicted octanol–water partition coefficient (Wildman–Crippen LogP) is 3.24. The molecule has 1 N–H and O–H groups in total. The number of benzene rings is 1. The lowest BCUT2D eigenvalue weighted by Crippen LogP contribution is -2.33. The molecule has 5 heteroatoms. The molecule has 2 heterocycles. The Morgan fingerprint density at radius 1 is 1.40 bits per heavy atom. The number of aryl methyl sites for hydroxylation is 1. The fraction of sp³-hybridized carbons (Fsp3) is 0.467. The Hall–Kier alpha value is -1.75. The van der Waals surface area contributed by atoms with E-state index in [-0.39, 0.29) is 11.9 Å². The van der Waals surface area contributed by atoms with Crippen molar-refractivity contribution < 1.29 is 8.91 Å². The average molecular weight is 275 g/mol. The van der Waals surface area contributed by atoms with E-state index in [0.717, 1.165) is 18.5 Å². The molecule has 1 aliphatic rings. The molecule has 106 valence electrons. The van der Waals surface area contributed by atoms with Crippen molar-refractivity contribution in [3.8, 4) is 11.4 Å². The second kappa shape index (κ2) is 5.32. The molecule has 2 atom stereocenters. The first-order valence-corrected chi connectivity index (χ1v) is 6.98. The van der Waals surface area contributed by atoms with Gasteiger partial charge in [0.1, 0.15) is 5.82 Å². The molecular formula is C15H18FN3O. The largest absolute Gasteiger partial charge is 0.337 e. The minimum absolute atomic E-state index is 0.117. The molecule has 0 saturated carbocycles. The van der Waals surface area contributed by atoms with Crippen molar-refractivity contribution in [2.75, 3.05) is 6.54 Å². The molecule has 1 aromatic heterocycles. The van der Waals surface area contributed by atoms with Crippen LogP contribution in [-0.4, -0.2) is 16.7 Å². The number of hydrogen-bond acceptors (Lipinski definition) is 4. The molecule has 0 bridgehead atoms. The second-order valence-electron chi connectivity index (χ2n) is 5.47. The van der Waals surface area contributed by atoms with Crippen LogP contribution in [0.2, 0.25) is 0 Å². The van der Waals surface area contributed by atoms with E-state index in [2.05, 4.69) is 22.4 Å². The van der Waals surface area contributed by atoms with Crippen LogP contribution >= 0.6 is 0 Å². The maximum atomic E-state index is 13.3. The van der Waals surface area contributed by atoms with Crippen LogP contribution in [0.3, 0.4) is 0 Å². The van der Waals surface area contributed by atoms with Crippen molar-refractivity contribution in [2.24, 2.45) is 5.92 Å². The predicted molar refractivity (Wildman–Crippen MR) is 73.6 cm³/mol. The summed E-state index contributed by atoms with van der Waals surface area (Å²) in [5.41, 5.74) is 1.36. The first-order chi connectivity index (χ1) is 9.65. The van der Waals surface area contributed by atoms with Crippen LogP contribution in [0, 0.1) is 18.7 Å². The number of aromatic nitrogens is 2. The summed E-state index contributed by atoms with van der Waals surface area (Å²) >= 11 is 0. The van der Waals surface area contributed by atoms with Gasteiger partial charge >= 0.3 is 0 Å². The number of nitrogens with zero attached hydrogens (tertiary/aromatic N) is 2. The van der Waals surface area contributed by atoms with E-state index < -0.39 is 0 Å². The smallest absolute Gasteiger partial charge is 0.244 e. The van der Waals surface area contributed by atoms with Gasteiger partial charge in [-0.15, -0.1) is 0 Å². The van der Waals surface area contributed by atoms with Crippen molar-refractivity contribution in [1.29, 1.82) is 0 Å². The van der Waals surface area contributed by atoms with Gasteiger partial charge in [0.25, 0.3) is 0 Å². The molecule has 20 heavy (non-hydrogen) atoms. The van der Waals surface area contributed by atoms with Gasteiger partial charge in [0, 0.05) is 5.56 Å². The summed E-state index contributed by atoms with van der Waals surface area (Å²) in [5.74, 6) is 1.39. The van der Waals surface area contributed by atoms with E-state index in [1.165, 1.54) is 12.5 Å². The average Bonchev–Trinajstić information content (AvgIpc) is 2.92. The molecule has 0 spiro atoms. The molecule has 0 radical (unpaired) electrons. The number of rotatable bonds is 2. The van der Waals surface area contributed by atoms with Gasteiger partial charge in [-0.05, 0) is 56.0 Å². The number of halogens is 1. The summed E-state index contributed by atoms with van der Waals surface area (Å²) in [6, 6.07) is 4.96. The van der Waals surface area contributed by atoms with Gasteiger partial charge in [-0.25, -0.2) is 4.39 Å². The molecule has 1 aromatic carbocycles. The number of piperidine rings is 1. The van der Waals surface area contributed by atoms with E-state index in [1.54, 1.807) is 19.1 Å². The second-order valence-corrected chi connectivity index (χ2v) is 5.47. The highest BCUT2D eigenvalue weighted by molar-refractivity contribution is 5.55. The van der Waals surface area contributed by atoms with Crippen molar-refractivity contribution in [2.45, 2.75) is 32.7 Å². The van der Waals surface area contributed by atoms with Crippen LogP contribution < -0.4 is 5.32 Å². The Kier molecular flexibility index (Phi) is 3.53. The molecule has 1 fully saturated rings. The first kappa shape index (κ1) is 13.2. The molecule has 3 rings (SSSR count). The molecule has 0 aliphatic carbocycles. The highest BCUT2D eigenvalue weighted by Gasteiger charge is 2.27. The van der Waals surface area contributed by atoms with E-state index in [0.29, 0.717) is 23.2 Å². The minimum atomic E-state index is -0.222. The van der Waals surface area contributed by atoms with Crippen LogP contribution in [0.1, 0.15) is 37.3 Å². The summed E-state index contributed by atoms with van der Waals surface area (Å²) in [4.78, 5) is 4.46. The molecule has 2 unspecified atom stereocenters. The quantitative estimate of drug-likeness (QED) is 0.914. The third-order valence-electron chi connectivity index (χ3n) is 3.89. The van der Waals surface area contributed by atoms with E-state index in [4.69, 9.17) is 4.52 Å². The zero-order valence-corrected chi connectivity index (χ0v) is 11.7. The SMILES string of the molecule is Cc1cc(-c2noc(C3NCCCC3C)n2)ccc1F. The van der Waals surface area contributed by atoms with Gasteiger partial charge in [-0.3, -0.25) is 0 Å². The van der Waals surface area contributed by atoms with Crippen LogP contribution in [0.4, 0.5) is 4.39 Å². The molecule has 4 nitrogen and oxygen atoms in total. The Balaban J connectivity index is 1.87. The summed E-state index contributed by atoms with van der Waals surface area (Å²) < 4.78 is 18.7. The van der Waals surface area contributed by atoms with Crippen LogP contribution in [0.5, 0.6) is 0 Å². The molecule has 2 aromatic rings. The molecular weight excluding hydrogens is 257 g/mol. The van der Waals surface area contributed by atoms with Crippen LogP contribution in [0.25, 0.3) is 11.4 Å². The summed E-state index contributed by atoms with van der Waals surface area (Å²) in [6.07, 6.45) is 2.33. The van der Waals surface area contributed by atoms with Crippen molar-refractivity contribution >= 4 is 0 Å². The Morgan fingerprint density at radius 2 is 2.25 bits per heavy atom. The van der Waals surface area contributed by atoms with E-state index in [9.17, 15) is 4.39 Å². The van der Waals surface area contributed by atoms with Crippen molar-refractivity contribution in [1.82, 2.24) is 15.5 Å². The lowest BCUT2D eigenvalue weighted by molar-refractivity contribution is 0.239. The fourth-order valence-electron chi connectivity index (χ4n) is 2.64. The minimum Gasteiger partial charge on any atom is -0.337 e. The van der Waals surface area contributed by atoms with E-state index in [1.807, 2.05) is 0 Å². The third-order valence-corrected chi connectivity index (χ3v) is 3.89. The normalized spacial score (nSPS) is 22.9. The fourth-order valence-corrected chi connectivity index (χ4v) is 2.64. The van der Waals surface area contributed by atoms with Crippen LogP contribution in [-0.2, 0) is 0 Å². The number of nitrogens with one attached hydrogen (secondary N) is 1. The standard InChI is InChI=1S/C15H18FN3O/c1-9-4-3-7-17-13(9)15-18-14(19-20-15)11-5-6-12(16)10(2)8-11/h5-6,8-9,13,17H,3-4,7H2,1-2H3. The van der Waals surface area contributed by atoms with Gasteiger partial charge < -0.3 is 9.84 Å². The van der Waals surface area contributed by atoms with Crippen molar-refractivity contribution in [3.05, 3.63) is 35.5 Å². The lowest BCUT2D eigenvalue weighted by Gasteiger charge is -2.26. The van der Waals surface area contributed by atoms with Crippen molar-refractivity contribution in [3.63, 3.8) is 0 Å². The topological polar surface area (TPSA) is 51.0 Å². The van der Waals surface area contributed by atoms with Gasteiger partial charge in [0.2, 0.25) is 11.7 Å². The first-order valence-electron chi connectivity index (χ1n) is 6.98. The zero-order valence-electron chi connectivity index (χ0n) is 11.7. The Morgan fingerprint density at radius 3 is 3.00 bits per heavy atom. The molecule has 0 amide bonds. The third kappa shape index (κ3) is 2.45. The van der Waals surface area contributed by atoms with Gasteiger partial charge in [-0.1, -0.05) is 12.1 Å². The summed E-state index contributed by atoms with van der Waals surface area (Å²) in [5, 5.41) is 7.43. The van der Waals surface area contributed by atoms with Gasteiger partial charge in [0.15, 0.2) is 0 Å².